The Balaban J connectivity index is 1.24. The van der Waals surface area contributed by atoms with Crippen molar-refractivity contribution in [3.05, 3.63) is 180 Å². The maximum Gasteiger partial charge on any atom is 0.211 e. The summed E-state index contributed by atoms with van der Waals surface area (Å²) in [6.07, 6.45) is 0. The summed E-state index contributed by atoms with van der Waals surface area (Å²) in [6, 6.07) is 53.3. The fraction of sp³-hybridized carbons (Fsp3) is 0. The minimum atomic E-state index is 0.546. The van der Waals surface area contributed by atoms with Crippen LogP contribution in [0, 0.1) is 24.5 Å². The molecular weight excluding hydrogens is 611 g/mol. The second-order valence-electron chi connectivity index (χ2n) is 12.2. The molecule has 0 N–H and O–H groups in total. The van der Waals surface area contributed by atoms with Crippen molar-refractivity contribution in [3.63, 3.8) is 0 Å². The Kier molecular flexibility index (Phi) is 6.56. The van der Waals surface area contributed by atoms with Crippen molar-refractivity contribution in [2.75, 3.05) is 0 Å². The van der Waals surface area contributed by atoms with E-state index in [0.717, 1.165) is 77.2 Å². The predicted octanol–water partition coefficient (Wildman–Crippen LogP) is 12.2. The number of fused-ring (bicyclic) bond motifs is 6. The molecule has 9 aromatic rings. The largest absolute Gasteiger partial charge is 0.318 e. The van der Waals surface area contributed by atoms with Crippen LogP contribution in [-0.2, 0) is 0 Å². The topological polar surface area (TPSA) is 42.4 Å². The Bertz CT molecular complexity index is 2960. The molecular formula is C45H25N5. The smallest absolute Gasteiger partial charge is 0.211 e. The van der Waals surface area contributed by atoms with Crippen LogP contribution >= 0.6 is 0 Å². The minimum Gasteiger partial charge on any atom is -0.318 e. The zero-order valence-corrected chi connectivity index (χ0v) is 26.7. The lowest BCUT2D eigenvalue weighted by Gasteiger charge is -2.19. The van der Waals surface area contributed by atoms with Gasteiger partial charge in [-0.25, -0.2) is 9.69 Å². The molecule has 5 heteroatoms. The molecule has 0 saturated carbocycles. The zero-order valence-electron chi connectivity index (χ0n) is 26.7. The van der Waals surface area contributed by atoms with Crippen LogP contribution in [0.5, 0.6) is 0 Å². The maximum atomic E-state index is 9.68. The predicted molar refractivity (Wildman–Crippen MR) is 203 cm³/mol. The van der Waals surface area contributed by atoms with Crippen LogP contribution in [0.4, 0.5) is 11.4 Å². The Labute approximate surface area is 288 Å². The van der Waals surface area contributed by atoms with Crippen LogP contribution in [0.25, 0.3) is 86.9 Å². The molecule has 0 spiro atoms. The molecule has 0 unspecified atom stereocenters. The summed E-state index contributed by atoms with van der Waals surface area (Å²) in [6.45, 7) is 15.8. The first-order chi connectivity index (χ1) is 24.7. The highest BCUT2D eigenvalue weighted by Crippen LogP contribution is 2.44. The normalized spacial score (nSPS) is 11.1. The number of benzene rings is 7. The first-order valence-corrected chi connectivity index (χ1v) is 16.2. The molecule has 0 saturated heterocycles. The third-order valence-corrected chi connectivity index (χ3v) is 9.60. The molecule has 0 amide bonds. The van der Waals surface area contributed by atoms with Gasteiger partial charge in [0.25, 0.3) is 0 Å². The van der Waals surface area contributed by atoms with E-state index < -0.39 is 0 Å². The van der Waals surface area contributed by atoms with Gasteiger partial charge in [-0.1, -0.05) is 103 Å². The quantitative estimate of drug-likeness (QED) is 0.177. The second kappa shape index (κ2) is 11.4. The van der Waals surface area contributed by atoms with E-state index in [0.29, 0.717) is 16.9 Å². The number of para-hydroxylation sites is 3. The average Bonchev–Trinajstić information content (AvgIpc) is 3.69. The van der Waals surface area contributed by atoms with E-state index >= 15 is 0 Å². The van der Waals surface area contributed by atoms with E-state index in [4.69, 9.17) is 13.1 Å². The van der Waals surface area contributed by atoms with E-state index in [-0.39, 0.29) is 0 Å². The van der Waals surface area contributed by atoms with Crippen LogP contribution in [0.15, 0.2) is 152 Å². The van der Waals surface area contributed by atoms with Crippen LogP contribution < -0.4 is 0 Å². The van der Waals surface area contributed by atoms with Crippen molar-refractivity contribution in [1.29, 1.82) is 5.26 Å². The monoisotopic (exact) mass is 635 g/mol. The highest BCUT2D eigenvalue weighted by Gasteiger charge is 2.21. The van der Waals surface area contributed by atoms with E-state index in [1.165, 1.54) is 0 Å². The molecule has 0 aliphatic carbocycles. The molecule has 0 aliphatic rings. The van der Waals surface area contributed by atoms with Gasteiger partial charge in [-0.05, 0) is 70.8 Å². The number of hydrogen-bond acceptors (Lipinski definition) is 1. The SMILES string of the molecule is [C-]#[N+]c1ccc2c3ccccc3n(-c3ccc(-c4ccccc4-c4cccc([N+]#[C-])c4-n4c5ccccc5c5cc(C#N)ccc54)cc3)c2c1. The summed E-state index contributed by atoms with van der Waals surface area (Å²) >= 11 is 0. The highest BCUT2D eigenvalue weighted by molar-refractivity contribution is 6.12. The summed E-state index contributed by atoms with van der Waals surface area (Å²) < 4.78 is 4.40. The van der Waals surface area contributed by atoms with Crippen LogP contribution in [0.1, 0.15) is 5.56 Å². The average molecular weight is 636 g/mol. The van der Waals surface area contributed by atoms with E-state index in [1.807, 2.05) is 78.9 Å². The lowest BCUT2D eigenvalue weighted by atomic mass is 9.93. The lowest BCUT2D eigenvalue weighted by Crippen LogP contribution is -1.99. The molecule has 7 aromatic carbocycles. The number of nitriles is 1. The summed E-state index contributed by atoms with van der Waals surface area (Å²) in [5.74, 6) is 0. The number of nitrogens with zero attached hydrogens (tertiary/aromatic N) is 5. The number of hydrogen-bond donors (Lipinski definition) is 0. The van der Waals surface area contributed by atoms with Gasteiger partial charge in [0.2, 0.25) is 5.69 Å². The van der Waals surface area contributed by atoms with Crippen LogP contribution in [0.3, 0.4) is 0 Å². The zero-order chi connectivity index (χ0) is 33.8. The van der Waals surface area contributed by atoms with Gasteiger partial charge in [-0.2, -0.15) is 5.26 Å². The molecule has 0 radical (unpaired) electrons. The van der Waals surface area contributed by atoms with Crippen LogP contribution in [-0.4, -0.2) is 9.13 Å². The van der Waals surface area contributed by atoms with Gasteiger partial charge in [-0.3, -0.25) is 0 Å². The van der Waals surface area contributed by atoms with Crippen molar-refractivity contribution in [2.45, 2.75) is 0 Å². The number of aromatic nitrogens is 2. The molecule has 0 aliphatic heterocycles. The third kappa shape index (κ3) is 4.31. The molecule has 0 fully saturated rings. The standard InChI is InChI=1S/C45H25N5/c1-47-31-21-24-37-35-12-5-7-16-41(35)49(44(37)27-31)32-22-19-30(20-23-32)33-10-3-4-11-34(33)38-14-9-15-40(48-2)45(38)50-42-17-8-6-13-36(42)39-26-29(28-46)18-25-43(39)50/h3-27H. The summed E-state index contributed by atoms with van der Waals surface area (Å²) in [5.41, 5.74) is 11.6. The molecule has 9 rings (SSSR count). The summed E-state index contributed by atoms with van der Waals surface area (Å²) in [4.78, 5) is 7.72. The Morgan fingerprint density at radius 3 is 1.86 bits per heavy atom. The molecule has 230 valence electrons. The first-order valence-electron chi connectivity index (χ1n) is 16.2. The van der Waals surface area contributed by atoms with Gasteiger partial charge in [0.1, 0.15) is 0 Å². The fourth-order valence-electron chi connectivity index (χ4n) is 7.42. The summed E-state index contributed by atoms with van der Waals surface area (Å²) in [5, 5.41) is 14.0. The van der Waals surface area contributed by atoms with Crippen molar-refractivity contribution in [3.8, 4) is 39.7 Å². The third-order valence-electron chi connectivity index (χ3n) is 9.60. The van der Waals surface area contributed by atoms with Crippen molar-refractivity contribution >= 4 is 55.0 Å². The molecule has 50 heavy (non-hydrogen) atoms. The van der Waals surface area contributed by atoms with Gasteiger partial charge in [-0.15, -0.1) is 0 Å². The Morgan fingerprint density at radius 2 is 1.12 bits per heavy atom. The summed E-state index contributed by atoms with van der Waals surface area (Å²) in [7, 11) is 0. The highest BCUT2D eigenvalue weighted by atomic mass is 15.0. The minimum absolute atomic E-state index is 0.546. The number of rotatable bonds is 4. The molecule has 0 atom stereocenters. The molecule has 5 nitrogen and oxygen atoms in total. The maximum absolute atomic E-state index is 9.68. The lowest BCUT2D eigenvalue weighted by molar-refractivity contribution is 1.18. The van der Waals surface area contributed by atoms with E-state index in [1.54, 1.807) is 0 Å². The van der Waals surface area contributed by atoms with Gasteiger partial charge in [0.15, 0.2) is 5.69 Å². The fourth-order valence-corrected chi connectivity index (χ4v) is 7.42. The van der Waals surface area contributed by atoms with Crippen LogP contribution in [0.2, 0.25) is 0 Å². The van der Waals surface area contributed by atoms with Crippen molar-refractivity contribution in [2.24, 2.45) is 0 Å². The van der Waals surface area contributed by atoms with Gasteiger partial charge in [0, 0.05) is 32.7 Å². The molecule has 2 heterocycles. The first kappa shape index (κ1) is 28.8. The van der Waals surface area contributed by atoms with Crippen molar-refractivity contribution in [1.82, 2.24) is 9.13 Å². The molecule has 2 aromatic heterocycles. The second-order valence-corrected chi connectivity index (χ2v) is 12.2. The van der Waals surface area contributed by atoms with E-state index in [2.05, 4.69) is 97.7 Å². The van der Waals surface area contributed by atoms with Gasteiger partial charge < -0.3 is 9.13 Å². The van der Waals surface area contributed by atoms with Crippen molar-refractivity contribution < 1.29 is 0 Å². The van der Waals surface area contributed by atoms with Gasteiger partial charge in [0.05, 0.1) is 47.0 Å². The molecule has 0 bridgehead atoms. The Morgan fingerprint density at radius 1 is 0.480 bits per heavy atom. The van der Waals surface area contributed by atoms with Gasteiger partial charge >= 0.3 is 0 Å². The Hall–Kier alpha value is -7.39. The van der Waals surface area contributed by atoms with E-state index in [9.17, 15) is 5.26 Å².